The minimum atomic E-state index is -0.428. The molecule has 0 aliphatic carbocycles. The number of carbonyl (C=O) groups is 1. The summed E-state index contributed by atoms with van der Waals surface area (Å²) in [6, 6.07) is 10.7. The number of carbonyl (C=O) groups excluding carboxylic acids is 1. The lowest BCUT2D eigenvalue weighted by Crippen LogP contribution is -2.30. The lowest BCUT2D eigenvalue weighted by molar-refractivity contribution is 0.102. The van der Waals surface area contributed by atoms with E-state index in [0.717, 1.165) is 31.6 Å². The maximum absolute atomic E-state index is 14.1. The third-order valence-corrected chi connectivity index (χ3v) is 5.24. The third-order valence-electron chi connectivity index (χ3n) is 5.24. The van der Waals surface area contributed by atoms with E-state index in [1.54, 1.807) is 31.2 Å². The van der Waals surface area contributed by atoms with Crippen molar-refractivity contribution in [1.29, 1.82) is 0 Å². The Morgan fingerprint density at radius 3 is 2.55 bits per heavy atom. The lowest BCUT2D eigenvalue weighted by Gasteiger charge is -2.30. The Hall–Kier alpha value is -3.22. The minimum absolute atomic E-state index is 0.267. The lowest BCUT2D eigenvalue weighted by atomic mass is 10.1. The van der Waals surface area contributed by atoms with E-state index in [0.29, 0.717) is 16.9 Å². The Balaban J connectivity index is 1.62. The van der Waals surface area contributed by atoms with E-state index in [4.69, 9.17) is 0 Å². The van der Waals surface area contributed by atoms with Gasteiger partial charge in [0.2, 0.25) is 0 Å². The van der Waals surface area contributed by atoms with Crippen LogP contribution in [0, 0.1) is 18.6 Å². The Morgan fingerprint density at radius 2 is 1.79 bits per heavy atom. The number of nitrogens with one attached hydrogen (secondary N) is 1. The Morgan fingerprint density at radius 1 is 1.03 bits per heavy atom. The average molecular weight is 396 g/mol. The van der Waals surface area contributed by atoms with Crippen LogP contribution < -0.4 is 10.2 Å². The number of nitrogens with zero attached hydrogens (tertiary/aromatic N) is 3. The van der Waals surface area contributed by atoms with Gasteiger partial charge in [0.1, 0.15) is 17.3 Å². The number of para-hydroxylation sites is 1. The van der Waals surface area contributed by atoms with Crippen molar-refractivity contribution in [2.24, 2.45) is 0 Å². The van der Waals surface area contributed by atoms with Crippen molar-refractivity contribution in [1.82, 2.24) is 9.78 Å². The first-order valence-corrected chi connectivity index (χ1v) is 9.70. The zero-order valence-corrected chi connectivity index (χ0v) is 16.2. The highest BCUT2D eigenvalue weighted by molar-refractivity contribution is 6.06. The topological polar surface area (TPSA) is 50.2 Å². The molecule has 150 valence electrons. The van der Waals surface area contributed by atoms with E-state index >= 15 is 0 Å². The molecule has 4 rings (SSSR count). The highest BCUT2D eigenvalue weighted by atomic mass is 19.1. The van der Waals surface area contributed by atoms with Gasteiger partial charge in [0.15, 0.2) is 0 Å². The number of hydrogen-bond acceptors (Lipinski definition) is 3. The monoisotopic (exact) mass is 396 g/mol. The molecule has 5 nitrogen and oxygen atoms in total. The fraction of sp³-hybridized carbons (Fsp3) is 0.273. The van der Waals surface area contributed by atoms with Crippen LogP contribution in [0.5, 0.6) is 0 Å². The van der Waals surface area contributed by atoms with Gasteiger partial charge in [-0.3, -0.25) is 4.79 Å². The summed E-state index contributed by atoms with van der Waals surface area (Å²) in [5.74, 6) is -1.25. The summed E-state index contributed by atoms with van der Waals surface area (Å²) in [4.78, 5) is 15.1. The normalized spacial score (nSPS) is 14.1. The molecule has 1 aliphatic heterocycles. The summed E-state index contributed by atoms with van der Waals surface area (Å²) in [6.45, 7) is 3.45. The van der Waals surface area contributed by atoms with Crippen LogP contribution in [0.1, 0.15) is 35.3 Å². The first-order valence-electron chi connectivity index (χ1n) is 9.70. The predicted octanol–water partition coefficient (Wildman–Crippen LogP) is 4.70. The van der Waals surface area contributed by atoms with Crippen molar-refractivity contribution in [2.45, 2.75) is 26.2 Å². The second-order valence-corrected chi connectivity index (χ2v) is 7.17. The van der Waals surface area contributed by atoms with Crippen LogP contribution in [0.4, 0.5) is 20.2 Å². The zero-order valence-electron chi connectivity index (χ0n) is 16.2. The first-order chi connectivity index (χ1) is 14.0. The van der Waals surface area contributed by atoms with Crippen LogP contribution in [0.25, 0.3) is 5.69 Å². The highest BCUT2D eigenvalue weighted by Gasteiger charge is 2.20. The van der Waals surface area contributed by atoms with Crippen molar-refractivity contribution in [3.63, 3.8) is 0 Å². The second kappa shape index (κ2) is 8.03. The molecule has 1 N–H and O–H groups in total. The maximum atomic E-state index is 14.1. The van der Waals surface area contributed by atoms with Crippen molar-refractivity contribution < 1.29 is 13.6 Å². The van der Waals surface area contributed by atoms with Gasteiger partial charge in [-0.25, -0.2) is 13.5 Å². The standard InChI is InChI=1S/C22H22F2N4O/c1-15-17(14-25-28(15)20-8-4-3-7-18(20)24)22(29)26-19-13-16(23)9-10-21(19)27-11-5-2-6-12-27/h3-4,7-10,13-14H,2,5-6,11-12H2,1H3,(H,26,29). The molecule has 0 unspecified atom stereocenters. The van der Waals surface area contributed by atoms with E-state index in [1.165, 1.54) is 35.5 Å². The maximum Gasteiger partial charge on any atom is 0.259 e. The number of halogens is 2. The number of piperidine rings is 1. The van der Waals surface area contributed by atoms with Crippen molar-refractivity contribution >= 4 is 17.3 Å². The second-order valence-electron chi connectivity index (χ2n) is 7.17. The molecule has 1 saturated heterocycles. The van der Waals surface area contributed by atoms with E-state index in [1.807, 2.05) is 0 Å². The van der Waals surface area contributed by atoms with Gasteiger partial charge < -0.3 is 10.2 Å². The van der Waals surface area contributed by atoms with Crippen LogP contribution in [0.2, 0.25) is 0 Å². The molecule has 1 aliphatic rings. The summed E-state index contributed by atoms with van der Waals surface area (Å²) >= 11 is 0. The van der Waals surface area contributed by atoms with Crippen LogP contribution in [0.3, 0.4) is 0 Å². The molecule has 0 bridgehead atoms. The predicted molar refractivity (Wildman–Crippen MR) is 109 cm³/mol. The summed E-state index contributed by atoms with van der Waals surface area (Å²) in [6.07, 6.45) is 4.71. The number of hydrogen-bond donors (Lipinski definition) is 1. The molecule has 2 aromatic carbocycles. The quantitative estimate of drug-likeness (QED) is 0.695. The molecule has 1 fully saturated rings. The van der Waals surface area contributed by atoms with Gasteiger partial charge in [0, 0.05) is 13.1 Å². The molecule has 2 heterocycles. The van der Waals surface area contributed by atoms with Gasteiger partial charge >= 0.3 is 0 Å². The van der Waals surface area contributed by atoms with E-state index in [2.05, 4.69) is 15.3 Å². The smallest absolute Gasteiger partial charge is 0.259 e. The zero-order chi connectivity index (χ0) is 20.4. The van der Waals surface area contributed by atoms with Gasteiger partial charge in [-0.15, -0.1) is 0 Å². The number of amides is 1. The van der Waals surface area contributed by atoms with Crippen LogP contribution in [-0.2, 0) is 0 Å². The summed E-state index contributed by atoms with van der Waals surface area (Å²) in [5, 5.41) is 6.99. The number of aromatic nitrogens is 2. The first kappa shape index (κ1) is 19.1. The number of anilines is 2. The molecule has 1 amide bonds. The molecule has 0 radical (unpaired) electrons. The molecule has 1 aromatic heterocycles. The molecule has 3 aromatic rings. The van der Waals surface area contributed by atoms with E-state index < -0.39 is 17.5 Å². The summed E-state index contributed by atoms with van der Waals surface area (Å²) in [5.41, 5.74) is 2.31. The van der Waals surface area contributed by atoms with Gasteiger partial charge in [-0.2, -0.15) is 5.10 Å². The fourth-order valence-electron chi connectivity index (χ4n) is 3.71. The Kier molecular flexibility index (Phi) is 5.29. The number of rotatable bonds is 4. The Labute approximate surface area is 168 Å². The van der Waals surface area contributed by atoms with Gasteiger partial charge in [0.25, 0.3) is 5.91 Å². The number of benzene rings is 2. The fourth-order valence-corrected chi connectivity index (χ4v) is 3.71. The largest absolute Gasteiger partial charge is 0.370 e. The molecule has 0 atom stereocenters. The molecule has 29 heavy (non-hydrogen) atoms. The molecule has 0 spiro atoms. The molecular formula is C22H22F2N4O. The third kappa shape index (κ3) is 3.85. The molecule has 7 heteroatoms. The average Bonchev–Trinajstić information content (AvgIpc) is 3.10. The Bertz CT molecular complexity index is 1040. The van der Waals surface area contributed by atoms with Gasteiger partial charge in [0.05, 0.1) is 28.8 Å². The summed E-state index contributed by atoms with van der Waals surface area (Å²) < 4.78 is 29.4. The van der Waals surface area contributed by atoms with E-state index in [-0.39, 0.29) is 5.69 Å². The van der Waals surface area contributed by atoms with E-state index in [9.17, 15) is 13.6 Å². The highest BCUT2D eigenvalue weighted by Crippen LogP contribution is 2.30. The van der Waals surface area contributed by atoms with Gasteiger partial charge in [-0.05, 0) is 56.5 Å². The van der Waals surface area contributed by atoms with Crippen molar-refractivity contribution in [3.8, 4) is 5.69 Å². The van der Waals surface area contributed by atoms with Crippen LogP contribution in [-0.4, -0.2) is 28.8 Å². The minimum Gasteiger partial charge on any atom is -0.370 e. The van der Waals surface area contributed by atoms with Crippen molar-refractivity contribution in [3.05, 3.63) is 71.6 Å². The summed E-state index contributed by atoms with van der Waals surface area (Å²) in [7, 11) is 0. The SMILES string of the molecule is Cc1c(C(=O)Nc2cc(F)ccc2N2CCCCC2)cnn1-c1ccccc1F. The molecule has 0 saturated carbocycles. The van der Waals surface area contributed by atoms with Crippen LogP contribution in [0.15, 0.2) is 48.7 Å². The molecular weight excluding hydrogens is 374 g/mol. The van der Waals surface area contributed by atoms with Gasteiger partial charge in [-0.1, -0.05) is 12.1 Å². The van der Waals surface area contributed by atoms with Crippen LogP contribution >= 0.6 is 0 Å². The van der Waals surface area contributed by atoms with Crippen molar-refractivity contribution in [2.75, 3.05) is 23.3 Å².